The first-order valence-corrected chi connectivity index (χ1v) is 4.51. The Morgan fingerprint density at radius 3 is 3.00 bits per heavy atom. The van der Waals surface area contributed by atoms with Crippen LogP contribution >= 0.6 is 11.3 Å². The van der Waals surface area contributed by atoms with Crippen LogP contribution in [0.25, 0.3) is 0 Å². The normalized spacial score (nSPS) is 10.0. The molecule has 0 spiro atoms. The summed E-state index contributed by atoms with van der Waals surface area (Å²) in [6.07, 6.45) is 1.42. The zero-order valence-corrected chi connectivity index (χ0v) is 7.75. The van der Waals surface area contributed by atoms with Crippen LogP contribution < -0.4 is 11.1 Å². The van der Waals surface area contributed by atoms with E-state index in [-0.39, 0.29) is 11.7 Å². The van der Waals surface area contributed by atoms with Crippen molar-refractivity contribution in [1.29, 1.82) is 0 Å². The number of nitrogen functional groups attached to an aromatic ring is 1. The molecule has 0 unspecified atom stereocenters. The first-order chi connectivity index (χ1) is 6.75. The number of hydrogen-bond acceptors (Lipinski definition) is 6. The van der Waals surface area contributed by atoms with Gasteiger partial charge in [-0.15, -0.1) is 10.2 Å². The summed E-state index contributed by atoms with van der Waals surface area (Å²) in [7, 11) is 0. The Balaban J connectivity index is 2.09. The van der Waals surface area contributed by atoms with E-state index in [4.69, 9.17) is 10.2 Å². The Morgan fingerprint density at radius 2 is 2.43 bits per heavy atom. The summed E-state index contributed by atoms with van der Waals surface area (Å²) in [6.45, 7) is 0. The van der Waals surface area contributed by atoms with Gasteiger partial charge in [-0.3, -0.25) is 10.1 Å². The van der Waals surface area contributed by atoms with Crippen LogP contribution in [0, 0.1) is 0 Å². The van der Waals surface area contributed by atoms with Crippen molar-refractivity contribution in [3.05, 3.63) is 24.2 Å². The number of nitrogens with one attached hydrogen (secondary N) is 1. The van der Waals surface area contributed by atoms with Gasteiger partial charge >= 0.3 is 0 Å². The third-order valence-electron chi connectivity index (χ3n) is 1.41. The highest BCUT2D eigenvalue weighted by molar-refractivity contribution is 7.19. The fourth-order valence-electron chi connectivity index (χ4n) is 0.852. The molecule has 0 saturated carbocycles. The van der Waals surface area contributed by atoms with Gasteiger partial charge in [-0.25, -0.2) is 0 Å². The number of furan rings is 1. The molecule has 0 bridgehead atoms. The van der Waals surface area contributed by atoms with Crippen LogP contribution in [0.1, 0.15) is 10.6 Å². The van der Waals surface area contributed by atoms with Gasteiger partial charge in [-0.2, -0.15) is 0 Å². The summed E-state index contributed by atoms with van der Waals surface area (Å²) >= 11 is 1.10. The van der Waals surface area contributed by atoms with Crippen LogP contribution in [-0.4, -0.2) is 16.1 Å². The van der Waals surface area contributed by atoms with E-state index in [1.54, 1.807) is 12.1 Å². The van der Waals surface area contributed by atoms with Crippen molar-refractivity contribution < 1.29 is 9.21 Å². The molecule has 0 saturated heterocycles. The van der Waals surface area contributed by atoms with Gasteiger partial charge in [0.15, 0.2) is 5.76 Å². The van der Waals surface area contributed by atoms with Crippen molar-refractivity contribution in [2.45, 2.75) is 0 Å². The lowest BCUT2D eigenvalue weighted by Crippen LogP contribution is -2.10. The molecule has 72 valence electrons. The molecule has 2 aromatic rings. The Morgan fingerprint density at radius 1 is 1.57 bits per heavy atom. The third kappa shape index (κ3) is 1.72. The van der Waals surface area contributed by atoms with E-state index in [9.17, 15) is 4.79 Å². The summed E-state index contributed by atoms with van der Waals surface area (Å²) in [5, 5.41) is 10.3. The molecule has 0 aromatic carbocycles. The highest BCUT2D eigenvalue weighted by Crippen LogP contribution is 2.17. The van der Waals surface area contributed by atoms with Gasteiger partial charge in [0.05, 0.1) is 6.26 Å². The Labute approximate surface area is 82.7 Å². The van der Waals surface area contributed by atoms with E-state index in [2.05, 4.69) is 15.5 Å². The molecule has 6 nitrogen and oxygen atoms in total. The molecule has 0 aliphatic rings. The van der Waals surface area contributed by atoms with Crippen LogP contribution in [0.4, 0.5) is 10.3 Å². The van der Waals surface area contributed by atoms with Crippen LogP contribution in [0.5, 0.6) is 0 Å². The molecule has 1 amide bonds. The quantitative estimate of drug-likeness (QED) is 0.770. The molecule has 0 atom stereocenters. The van der Waals surface area contributed by atoms with Gasteiger partial charge in [0.1, 0.15) is 0 Å². The van der Waals surface area contributed by atoms with Gasteiger partial charge in [-0.05, 0) is 12.1 Å². The lowest BCUT2D eigenvalue weighted by Gasteiger charge is -1.95. The molecule has 3 N–H and O–H groups in total. The number of nitrogens with zero attached hydrogens (tertiary/aromatic N) is 2. The predicted octanol–water partition coefficient (Wildman–Crippen LogP) is 0.966. The number of nitrogens with two attached hydrogens (primary N) is 1. The smallest absolute Gasteiger partial charge is 0.293 e. The maximum atomic E-state index is 11.4. The average molecular weight is 210 g/mol. The van der Waals surface area contributed by atoms with Crippen LogP contribution in [0.15, 0.2) is 22.8 Å². The van der Waals surface area contributed by atoms with Crippen molar-refractivity contribution in [2.75, 3.05) is 11.1 Å². The highest BCUT2D eigenvalue weighted by Gasteiger charge is 2.10. The molecule has 0 aliphatic carbocycles. The summed E-state index contributed by atoms with van der Waals surface area (Å²) in [5.74, 6) is -0.148. The van der Waals surface area contributed by atoms with Crippen LogP contribution in [0.2, 0.25) is 0 Å². The molecular formula is C7H6N4O2S. The molecule has 2 heterocycles. The zero-order chi connectivity index (χ0) is 9.97. The number of amides is 1. The van der Waals surface area contributed by atoms with Crippen molar-refractivity contribution in [3.8, 4) is 0 Å². The van der Waals surface area contributed by atoms with Crippen LogP contribution in [-0.2, 0) is 0 Å². The lowest BCUT2D eigenvalue weighted by molar-refractivity contribution is 0.0996. The topological polar surface area (TPSA) is 94.0 Å². The van der Waals surface area contributed by atoms with E-state index in [1.807, 2.05) is 0 Å². The fraction of sp³-hybridized carbons (Fsp3) is 0. The van der Waals surface area contributed by atoms with Gasteiger partial charge in [0, 0.05) is 0 Å². The first kappa shape index (κ1) is 8.70. The Kier molecular flexibility index (Phi) is 2.15. The Bertz CT molecular complexity index is 436. The maximum absolute atomic E-state index is 11.4. The number of carbonyl (C=O) groups excluding carboxylic acids is 1. The monoisotopic (exact) mass is 210 g/mol. The van der Waals surface area contributed by atoms with Gasteiger partial charge in [-0.1, -0.05) is 11.3 Å². The highest BCUT2D eigenvalue weighted by atomic mass is 32.1. The SMILES string of the molecule is Nc1nnc(NC(=O)c2ccco2)s1. The van der Waals surface area contributed by atoms with Crippen molar-refractivity contribution >= 4 is 27.5 Å². The molecule has 14 heavy (non-hydrogen) atoms. The minimum absolute atomic E-state index is 0.221. The molecule has 2 rings (SSSR count). The lowest BCUT2D eigenvalue weighted by atomic mass is 10.4. The van der Waals surface area contributed by atoms with Gasteiger partial charge in [0.25, 0.3) is 5.91 Å². The van der Waals surface area contributed by atoms with Crippen molar-refractivity contribution in [2.24, 2.45) is 0 Å². The standard InChI is InChI=1S/C7H6N4O2S/c8-6-10-11-7(14-6)9-5(12)4-2-1-3-13-4/h1-3H,(H2,8,10)(H,9,11,12). The van der Waals surface area contributed by atoms with Crippen molar-refractivity contribution in [1.82, 2.24) is 10.2 Å². The number of rotatable bonds is 2. The zero-order valence-electron chi connectivity index (χ0n) is 6.93. The van der Waals surface area contributed by atoms with E-state index in [0.29, 0.717) is 10.3 Å². The second-order valence-corrected chi connectivity index (χ2v) is 3.39. The number of carbonyl (C=O) groups is 1. The van der Waals surface area contributed by atoms with E-state index < -0.39 is 0 Å². The largest absolute Gasteiger partial charge is 0.459 e. The van der Waals surface area contributed by atoms with E-state index in [0.717, 1.165) is 11.3 Å². The van der Waals surface area contributed by atoms with Gasteiger partial charge < -0.3 is 10.2 Å². The summed E-state index contributed by atoms with van der Waals surface area (Å²) in [4.78, 5) is 11.4. The van der Waals surface area contributed by atoms with E-state index in [1.165, 1.54) is 6.26 Å². The summed E-state index contributed by atoms with van der Waals surface area (Å²) in [6, 6.07) is 3.18. The summed E-state index contributed by atoms with van der Waals surface area (Å²) < 4.78 is 4.89. The predicted molar refractivity (Wildman–Crippen MR) is 51.0 cm³/mol. The number of aromatic nitrogens is 2. The third-order valence-corrected chi connectivity index (χ3v) is 2.07. The Hall–Kier alpha value is -1.89. The maximum Gasteiger partial charge on any atom is 0.293 e. The first-order valence-electron chi connectivity index (χ1n) is 3.69. The second-order valence-electron chi connectivity index (χ2n) is 2.38. The molecular weight excluding hydrogens is 204 g/mol. The van der Waals surface area contributed by atoms with E-state index >= 15 is 0 Å². The molecule has 2 aromatic heterocycles. The van der Waals surface area contributed by atoms with Crippen LogP contribution in [0.3, 0.4) is 0 Å². The average Bonchev–Trinajstić information content (AvgIpc) is 2.75. The van der Waals surface area contributed by atoms with Crippen molar-refractivity contribution in [3.63, 3.8) is 0 Å². The summed E-state index contributed by atoms with van der Waals surface area (Å²) in [5.41, 5.74) is 5.34. The fourth-order valence-corrected chi connectivity index (χ4v) is 1.36. The van der Waals surface area contributed by atoms with Gasteiger partial charge in [0.2, 0.25) is 10.3 Å². The molecule has 0 radical (unpaired) electrons. The number of anilines is 2. The molecule has 7 heteroatoms. The second kappa shape index (κ2) is 3.46. The molecule has 0 aliphatic heterocycles. The minimum Gasteiger partial charge on any atom is -0.459 e. The minimum atomic E-state index is -0.369. The molecule has 0 fully saturated rings. The number of hydrogen-bond donors (Lipinski definition) is 2.